The number of para-hydroxylation sites is 1. The largest absolute Gasteiger partial charge is 0.369 e. The third-order valence-electron chi connectivity index (χ3n) is 4.69. The Morgan fingerprint density at radius 3 is 2.78 bits per heavy atom. The normalized spacial score (nSPS) is 16.1. The third-order valence-corrected chi connectivity index (χ3v) is 4.69. The number of piperazine rings is 1. The van der Waals surface area contributed by atoms with Crippen LogP contribution in [0.3, 0.4) is 0 Å². The highest BCUT2D eigenvalue weighted by Gasteiger charge is 2.18. The molecule has 1 aliphatic rings. The molecule has 0 aliphatic carbocycles. The summed E-state index contributed by atoms with van der Waals surface area (Å²) in [5.74, 6) is 0. The number of anilines is 1. The van der Waals surface area contributed by atoms with Gasteiger partial charge in [0.25, 0.3) is 0 Å². The standard InChI is InChI=1S/C19H22N4/c1-15-13-18(6-8-20-15)23-11-9-22(10-12-23)14-17-4-2-3-16-5-7-21-19(16)17/h2-8,13,21H,9-12,14H2,1H3. The van der Waals surface area contributed by atoms with Gasteiger partial charge >= 0.3 is 0 Å². The molecule has 23 heavy (non-hydrogen) atoms. The Morgan fingerprint density at radius 1 is 1.09 bits per heavy atom. The maximum absolute atomic E-state index is 4.29. The van der Waals surface area contributed by atoms with Gasteiger partial charge in [0.2, 0.25) is 0 Å². The summed E-state index contributed by atoms with van der Waals surface area (Å²) in [4.78, 5) is 12.7. The number of aromatic amines is 1. The van der Waals surface area contributed by atoms with Gasteiger partial charge in [0.05, 0.1) is 0 Å². The van der Waals surface area contributed by atoms with Crippen molar-refractivity contribution in [2.24, 2.45) is 0 Å². The van der Waals surface area contributed by atoms with E-state index < -0.39 is 0 Å². The zero-order valence-electron chi connectivity index (χ0n) is 13.5. The van der Waals surface area contributed by atoms with Gasteiger partial charge in [-0.25, -0.2) is 0 Å². The second-order valence-electron chi connectivity index (χ2n) is 6.28. The topological polar surface area (TPSA) is 35.2 Å². The van der Waals surface area contributed by atoms with Crippen LogP contribution in [0.15, 0.2) is 48.8 Å². The Bertz CT molecular complexity index is 800. The first kappa shape index (κ1) is 14.3. The van der Waals surface area contributed by atoms with Crippen LogP contribution < -0.4 is 4.90 Å². The number of hydrogen-bond donors (Lipinski definition) is 1. The molecule has 0 spiro atoms. The minimum atomic E-state index is 1.01. The van der Waals surface area contributed by atoms with Crippen molar-refractivity contribution in [3.63, 3.8) is 0 Å². The number of hydrogen-bond acceptors (Lipinski definition) is 3. The number of H-pyrrole nitrogens is 1. The number of fused-ring (bicyclic) bond motifs is 1. The van der Waals surface area contributed by atoms with Gasteiger partial charge < -0.3 is 9.88 Å². The molecule has 0 saturated carbocycles. The van der Waals surface area contributed by atoms with Crippen molar-refractivity contribution in [2.75, 3.05) is 31.1 Å². The van der Waals surface area contributed by atoms with Crippen LogP contribution in [0.25, 0.3) is 10.9 Å². The lowest BCUT2D eigenvalue weighted by Gasteiger charge is -2.36. The molecule has 1 aromatic carbocycles. The molecule has 1 aliphatic heterocycles. The number of aryl methyl sites for hydroxylation is 1. The van der Waals surface area contributed by atoms with E-state index >= 15 is 0 Å². The fraction of sp³-hybridized carbons (Fsp3) is 0.316. The minimum absolute atomic E-state index is 1.01. The highest BCUT2D eigenvalue weighted by atomic mass is 15.3. The van der Waals surface area contributed by atoms with E-state index in [2.05, 4.69) is 63.1 Å². The van der Waals surface area contributed by atoms with Crippen LogP contribution in [0.4, 0.5) is 5.69 Å². The third kappa shape index (κ3) is 2.94. The molecule has 3 aromatic rings. The maximum Gasteiger partial charge on any atom is 0.0499 e. The molecule has 118 valence electrons. The Labute approximate surface area is 136 Å². The van der Waals surface area contributed by atoms with Crippen LogP contribution in [0.2, 0.25) is 0 Å². The molecule has 0 radical (unpaired) electrons. The van der Waals surface area contributed by atoms with Gasteiger partial charge in [-0.2, -0.15) is 0 Å². The van der Waals surface area contributed by atoms with E-state index in [0.29, 0.717) is 0 Å². The first-order valence-corrected chi connectivity index (χ1v) is 8.24. The van der Waals surface area contributed by atoms with Crippen LogP contribution in [0.1, 0.15) is 11.3 Å². The smallest absolute Gasteiger partial charge is 0.0499 e. The van der Waals surface area contributed by atoms with E-state index in [9.17, 15) is 0 Å². The van der Waals surface area contributed by atoms with Crippen molar-refractivity contribution in [3.05, 3.63) is 60.0 Å². The van der Waals surface area contributed by atoms with Gasteiger partial charge in [-0.15, -0.1) is 0 Å². The number of benzene rings is 1. The fourth-order valence-electron chi connectivity index (χ4n) is 3.41. The number of nitrogens with one attached hydrogen (secondary N) is 1. The zero-order valence-corrected chi connectivity index (χ0v) is 13.5. The SMILES string of the molecule is Cc1cc(N2CCN(Cc3cccc4cc[nH]c34)CC2)ccn1. The van der Waals surface area contributed by atoms with Gasteiger partial charge in [-0.3, -0.25) is 9.88 Å². The Balaban J connectivity index is 1.43. The predicted octanol–water partition coefficient (Wildman–Crippen LogP) is 3.19. The number of rotatable bonds is 3. The summed E-state index contributed by atoms with van der Waals surface area (Å²) in [5, 5.41) is 1.30. The summed E-state index contributed by atoms with van der Waals surface area (Å²) < 4.78 is 0. The van der Waals surface area contributed by atoms with Crippen molar-refractivity contribution >= 4 is 16.6 Å². The van der Waals surface area contributed by atoms with Gasteiger partial charge in [0.1, 0.15) is 0 Å². The number of pyridine rings is 1. The lowest BCUT2D eigenvalue weighted by Crippen LogP contribution is -2.46. The van der Waals surface area contributed by atoms with E-state index in [1.807, 2.05) is 12.4 Å². The summed E-state index contributed by atoms with van der Waals surface area (Å²) >= 11 is 0. The minimum Gasteiger partial charge on any atom is -0.369 e. The molecule has 4 rings (SSSR count). The van der Waals surface area contributed by atoms with E-state index in [1.165, 1.54) is 22.2 Å². The lowest BCUT2D eigenvalue weighted by atomic mass is 10.1. The van der Waals surface area contributed by atoms with Crippen molar-refractivity contribution in [1.29, 1.82) is 0 Å². The first-order valence-electron chi connectivity index (χ1n) is 8.24. The Kier molecular flexibility index (Phi) is 3.75. The van der Waals surface area contributed by atoms with Crippen LogP contribution >= 0.6 is 0 Å². The molecule has 3 heterocycles. The molecule has 1 fully saturated rings. The summed E-state index contributed by atoms with van der Waals surface area (Å²) in [6.07, 6.45) is 3.93. The van der Waals surface area contributed by atoms with Gasteiger partial charge in [-0.1, -0.05) is 18.2 Å². The average Bonchev–Trinajstić information content (AvgIpc) is 3.05. The van der Waals surface area contributed by atoms with Crippen molar-refractivity contribution in [3.8, 4) is 0 Å². The van der Waals surface area contributed by atoms with Crippen molar-refractivity contribution in [1.82, 2.24) is 14.9 Å². The first-order chi connectivity index (χ1) is 11.3. The molecule has 0 bridgehead atoms. The van der Waals surface area contributed by atoms with Crippen LogP contribution in [0.5, 0.6) is 0 Å². The van der Waals surface area contributed by atoms with Gasteiger partial charge in [0.15, 0.2) is 0 Å². The monoisotopic (exact) mass is 306 g/mol. The van der Waals surface area contributed by atoms with E-state index in [-0.39, 0.29) is 0 Å². The summed E-state index contributed by atoms with van der Waals surface area (Å²) in [6.45, 7) is 7.41. The van der Waals surface area contributed by atoms with E-state index in [4.69, 9.17) is 0 Å². The molecule has 2 aromatic heterocycles. The quantitative estimate of drug-likeness (QED) is 0.807. The fourth-order valence-corrected chi connectivity index (χ4v) is 3.41. The molecule has 1 N–H and O–H groups in total. The highest BCUT2D eigenvalue weighted by Crippen LogP contribution is 2.21. The second kappa shape index (κ2) is 6.05. The predicted molar refractivity (Wildman–Crippen MR) is 94.8 cm³/mol. The van der Waals surface area contributed by atoms with E-state index in [1.54, 1.807) is 0 Å². The summed E-state index contributed by atoms with van der Waals surface area (Å²) in [6, 6.07) is 13.0. The molecule has 4 nitrogen and oxygen atoms in total. The van der Waals surface area contributed by atoms with Gasteiger partial charge in [-0.05, 0) is 36.1 Å². The highest BCUT2D eigenvalue weighted by molar-refractivity contribution is 5.82. The zero-order chi connectivity index (χ0) is 15.6. The van der Waals surface area contributed by atoms with E-state index in [0.717, 1.165) is 38.4 Å². The van der Waals surface area contributed by atoms with Crippen LogP contribution in [-0.4, -0.2) is 41.0 Å². The average molecular weight is 306 g/mol. The molecule has 0 amide bonds. The lowest BCUT2D eigenvalue weighted by molar-refractivity contribution is 0.250. The second-order valence-corrected chi connectivity index (χ2v) is 6.28. The molecular formula is C19H22N4. The molecule has 4 heteroatoms. The number of nitrogens with zero attached hydrogens (tertiary/aromatic N) is 3. The van der Waals surface area contributed by atoms with Crippen molar-refractivity contribution in [2.45, 2.75) is 13.5 Å². The molecule has 0 atom stereocenters. The van der Waals surface area contributed by atoms with Gasteiger partial charge in [0, 0.05) is 62.0 Å². The van der Waals surface area contributed by atoms with Crippen LogP contribution in [0, 0.1) is 6.92 Å². The number of aromatic nitrogens is 2. The Morgan fingerprint density at radius 2 is 1.96 bits per heavy atom. The van der Waals surface area contributed by atoms with Crippen molar-refractivity contribution < 1.29 is 0 Å². The molecule has 1 saturated heterocycles. The Hall–Kier alpha value is -2.33. The van der Waals surface area contributed by atoms with Crippen LogP contribution in [-0.2, 0) is 6.54 Å². The molecular weight excluding hydrogens is 284 g/mol. The maximum atomic E-state index is 4.29. The summed E-state index contributed by atoms with van der Waals surface area (Å²) in [5.41, 5.74) is 5.05. The molecule has 0 unspecified atom stereocenters. The summed E-state index contributed by atoms with van der Waals surface area (Å²) in [7, 11) is 0.